The molecule has 0 saturated carbocycles. The number of hydrogen-bond donors (Lipinski definition) is 1. The highest BCUT2D eigenvalue weighted by atomic mass is 32.2. The van der Waals surface area contributed by atoms with Gasteiger partial charge in [-0.1, -0.05) is 0 Å². The Bertz CT molecular complexity index is 521. The van der Waals surface area contributed by atoms with Crippen LogP contribution >= 0.6 is 23.1 Å². The van der Waals surface area contributed by atoms with E-state index in [4.69, 9.17) is 0 Å². The fourth-order valence-corrected chi connectivity index (χ4v) is 3.38. The highest BCUT2D eigenvalue weighted by Crippen LogP contribution is 2.39. The van der Waals surface area contributed by atoms with Crippen LogP contribution in [-0.4, -0.2) is 16.6 Å². The second-order valence-corrected chi connectivity index (χ2v) is 4.82. The van der Waals surface area contributed by atoms with Crippen LogP contribution in [0.4, 0.5) is 5.69 Å². The summed E-state index contributed by atoms with van der Waals surface area (Å²) >= 11 is 3.21. The molecule has 2 aromatic rings. The zero-order valence-electron chi connectivity index (χ0n) is 7.11. The number of carbonyl (C=O) groups is 1. The Morgan fingerprint density at radius 1 is 1.43 bits per heavy atom. The zero-order chi connectivity index (χ0) is 9.54. The van der Waals surface area contributed by atoms with Crippen LogP contribution in [0, 0.1) is 0 Å². The average Bonchev–Trinajstić information content (AvgIpc) is 2.65. The molecule has 2 heterocycles. The molecular formula is C9H6N2OS2. The average molecular weight is 222 g/mol. The Hall–Kier alpha value is -1.07. The third-order valence-electron chi connectivity index (χ3n) is 2.08. The highest BCUT2D eigenvalue weighted by Gasteiger charge is 2.18. The fraction of sp³-hybridized carbons (Fsp3) is 0.111. The Morgan fingerprint density at radius 2 is 2.36 bits per heavy atom. The summed E-state index contributed by atoms with van der Waals surface area (Å²) in [5, 5.41) is 2.86. The first-order chi connectivity index (χ1) is 6.84. The molecular weight excluding hydrogens is 216 g/mol. The van der Waals surface area contributed by atoms with E-state index in [1.807, 2.05) is 17.6 Å². The van der Waals surface area contributed by atoms with E-state index in [1.54, 1.807) is 23.1 Å². The molecule has 0 fully saturated rings. The predicted octanol–water partition coefficient (Wildman–Crippen LogP) is 2.34. The van der Waals surface area contributed by atoms with E-state index in [9.17, 15) is 4.79 Å². The summed E-state index contributed by atoms with van der Waals surface area (Å²) in [4.78, 5) is 16.6. The molecule has 1 aliphatic heterocycles. The molecule has 1 aromatic carbocycles. The minimum atomic E-state index is 0.0753. The number of hydrogen-bond acceptors (Lipinski definition) is 4. The van der Waals surface area contributed by atoms with Gasteiger partial charge in [0.1, 0.15) is 0 Å². The summed E-state index contributed by atoms with van der Waals surface area (Å²) in [5.74, 6) is 0.579. The lowest BCUT2D eigenvalue weighted by atomic mass is 10.3. The third-order valence-corrected chi connectivity index (χ3v) is 4.18. The van der Waals surface area contributed by atoms with Crippen molar-refractivity contribution >= 4 is 44.9 Å². The summed E-state index contributed by atoms with van der Waals surface area (Å²) in [6.07, 6.45) is 0. The van der Waals surface area contributed by atoms with Gasteiger partial charge in [0, 0.05) is 0 Å². The van der Waals surface area contributed by atoms with Gasteiger partial charge >= 0.3 is 0 Å². The second-order valence-electron chi connectivity index (χ2n) is 2.98. The quantitative estimate of drug-likeness (QED) is 0.744. The number of thiazole rings is 1. The van der Waals surface area contributed by atoms with Gasteiger partial charge in [0.25, 0.3) is 0 Å². The van der Waals surface area contributed by atoms with Crippen molar-refractivity contribution in [3.05, 3.63) is 17.6 Å². The number of amides is 1. The Balaban J connectivity index is 2.29. The smallest absolute Gasteiger partial charge is 0.234 e. The normalized spacial score (nSPS) is 15.3. The van der Waals surface area contributed by atoms with E-state index in [1.165, 1.54) is 4.70 Å². The van der Waals surface area contributed by atoms with Crippen LogP contribution in [0.5, 0.6) is 0 Å². The maximum absolute atomic E-state index is 11.2. The predicted molar refractivity (Wildman–Crippen MR) is 59.0 cm³/mol. The van der Waals surface area contributed by atoms with Gasteiger partial charge in [-0.25, -0.2) is 4.98 Å². The number of nitrogens with one attached hydrogen (secondary N) is 1. The number of nitrogens with zero attached hydrogens (tertiary/aromatic N) is 1. The molecule has 0 aliphatic carbocycles. The minimum absolute atomic E-state index is 0.0753. The maximum atomic E-state index is 11.2. The summed E-state index contributed by atoms with van der Waals surface area (Å²) < 4.78 is 1.17. The standard InChI is InChI=1S/C9H6N2OS2/c12-7-3-13-9-6(11-7)2-1-5-8(9)14-4-10-5/h1-2,4H,3H2,(H,11,12). The van der Waals surface area contributed by atoms with E-state index in [0.29, 0.717) is 5.75 Å². The summed E-state index contributed by atoms with van der Waals surface area (Å²) in [7, 11) is 0. The first kappa shape index (κ1) is 8.26. The number of fused-ring (bicyclic) bond motifs is 3. The molecule has 1 aliphatic rings. The summed E-state index contributed by atoms with van der Waals surface area (Å²) in [5.41, 5.74) is 3.77. The number of benzene rings is 1. The van der Waals surface area contributed by atoms with Crippen LogP contribution < -0.4 is 5.32 Å². The summed E-state index contributed by atoms with van der Waals surface area (Å²) in [6.45, 7) is 0. The Morgan fingerprint density at radius 3 is 3.29 bits per heavy atom. The molecule has 0 unspecified atom stereocenters. The van der Waals surface area contributed by atoms with E-state index in [2.05, 4.69) is 10.3 Å². The molecule has 14 heavy (non-hydrogen) atoms. The van der Waals surface area contributed by atoms with Crippen molar-refractivity contribution in [1.29, 1.82) is 0 Å². The van der Waals surface area contributed by atoms with Gasteiger partial charge in [0.2, 0.25) is 5.91 Å². The van der Waals surface area contributed by atoms with Gasteiger partial charge in [0.15, 0.2) is 0 Å². The lowest BCUT2D eigenvalue weighted by Crippen LogP contribution is -2.18. The van der Waals surface area contributed by atoms with Crippen molar-refractivity contribution in [1.82, 2.24) is 4.98 Å². The lowest BCUT2D eigenvalue weighted by Gasteiger charge is -2.15. The van der Waals surface area contributed by atoms with Gasteiger partial charge in [-0.3, -0.25) is 4.79 Å². The molecule has 3 nitrogen and oxygen atoms in total. The third kappa shape index (κ3) is 1.13. The van der Waals surface area contributed by atoms with Crippen molar-refractivity contribution in [3.63, 3.8) is 0 Å². The molecule has 0 spiro atoms. The van der Waals surface area contributed by atoms with Crippen LogP contribution in [0.25, 0.3) is 10.2 Å². The molecule has 70 valence electrons. The van der Waals surface area contributed by atoms with Gasteiger partial charge in [-0.15, -0.1) is 23.1 Å². The molecule has 0 saturated heterocycles. The first-order valence-corrected chi connectivity index (χ1v) is 6.00. The molecule has 3 rings (SSSR count). The van der Waals surface area contributed by atoms with Gasteiger partial charge < -0.3 is 5.32 Å². The van der Waals surface area contributed by atoms with Crippen LogP contribution in [0.2, 0.25) is 0 Å². The van der Waals surface area contributed by atoms with E-state index < -0.39 is 0 Å². The van der Waals surface area contributed by atoms with Crippen molar-refractivity contribution in [3.8, 4) is 0 Å². The molecule has 1 aromatic heterocycles. The van der Waals surface area contributed by atoms with E-state index in [0.717, 1.165) is 16.1 Å². The topological polar surface area (TPSA) is 42.0 Å². The van der Waals surface area contributed by atoms with Crippen LogP contribution in [0.1, 0.15) is 0 Å². The van der Waals surface area contributed by atoms with Crippen molar-refractivity contribution in [2.75, 3.05) is 11.1 Å². The Kier molecular flexibility index (Phi) is 1.75. The van der Waals surface area contributed by atoms with Crippen LogP contribution in [-0.2, 0) is 4.79 Å². The monoisotopic (exact) mass is 222 g/mol. The first-order valence-electron chi connectivity index (χ1n) is 4.13. The lowest BCUT2D eigenvalue weighted by molar-refractivity contribution is -0.113. The number of thioether (sulfide) groups is 1. The number of carbonyl (C=O) groups excluding carboxylic acids is 1. The van der Waals surface area contributed by atoms with Crippen molar-refractivity contribution in [2.45, 2.75) is 4.90 Å². The maximum Gasteiger partial charge on any atom is 0.234 e. The second kappa shape index (κ2) is 2.96. The Labute approximate surface area is 88.5 Å². The van der Waals surface area contributed by atoms with Gasteiger partial charge in [0.05, 0.1) is 32.1 Å². The number of rotatable bonds is 0. The fourth-order valence-electron chi connectivity index (χ4n) is 1.47. The largest absolute Gasteiger partial charge is 0.324 e. The number of aromatic nitrogens is 1. The molecule has 5 heteroatoms. The summed E-state index contributed by atoms with van der Waals surface area (Å²) in [6, 6.07) is 3.86. The van der Waals surface area contributed by atoms with E-state index in [-0.39, 0.29) is 5.91 Å². The van der Waals surface area contributed by atoms with Crippen LogP contribution in [0.3, 0.4) is 0 Å². The van der Waals surface area contributed by atoms with Gasteiger partial charge in [-0.2, -0.15) is 0 Å². The molecule has 1 amide bonds. The van der Waals surface area contributed by atoms with Crippen molar-refractivity contribution < 1.29 is 4.79 Å². The van der Waals surface area contributed by atoms with Crippen molar-refractivity contribution in [2.24, 2.45) is 0 Å². The SMILES string of the molecule is O=C1CSc2c(ccc3ncsc23)N1. The van der Waals surface area contributed by atoms with Crippen LogP contribution in [0.15, 0.2) is 22.5 Å². The molecule has 0 radical (unpaired) electrons. The molecule has 1 N–H and O–H groups in total. The number of anilines is 1. The van der Waals surface area contributed by atoms with Gasteiger partial charge in [-0.05, 0) is 12.1 Å². The minimum Gasteiger partial charge on any atom is -0.324 e. The zero-order valence-corrected chi connectivity index (χ0v) is 8.74. The highest BCUT2D eigenvalue weighted by molar-refractivity contribution is 8.00. The molecule has 0 atom stereocenters. The van der Waals surface area contributed by atoms with E-state index >= 15 is 0 Å². The molecule has 0 bridgehead atoms.